The zero-order valence-electron chi connectivity index (χ0n) is 9.18. The summed E-state index contributed by atoms with van der Waals surface area (Å²) in [5, 5.41) is 8.90. The van der Waals surface area contributed by atoms with E-state index < -0.39 is 5.97 Å². The van der Waals surface area contributed by atoms with Crippen LogP contribution in [-0.4, -0.2) is 28.9 Å². The molecule has 5 heteroatoms. The van der Waals surface area contributed by atoms with E-state index in [1.54, 1.807) is 0 Å². The van der Waals surface area contributed by atoms with Crippen molar-refractivity contribution in [1.29, 1.82) is 0 Å². The van der Waals surface area contributed by atoms with Gasteiger partial charge in [0.1, 0.15) is 5.69 Å². The van der Waals surface area contributed by atoms with Gasteiger partial charge in [-0.2, -0.15) is 0 Å². The first kappa shape index (κ1) is 12.4. The van der Waals surface area contributed by atoms with Gasteiger partial charge in [-0.15, -0.1) is 0 Å². The van der Waals surface area contributed by atoms with Gasteiger partial charge in [0.15, 0.2) is 0 Å². The summed E-state index contributed by atoms with van der Waals surface area (Å²) in [7, 11) is 0. The Bertz CT molecular complexity index is 411. The Balaban J connectivity index is 2.77. The van der Waals surface area contributed by atoms with Crippen molar-refractivity contribution in [3.63, 3.8) is 0 Å². The van der Waals surface area contributed by atoms with E-state index in [1.165, 1.54) is 22.8 Å². The lowest BCUT2D eigenvalue weighted by Crippen LogP contribution is -2.25. The Morgan fingerprint density at radius 2 is 2.25 bits per heavy atom. The SMILES string of the molecule is CCOCCCn1c(C(=O)O)cccc1=O. The van der Waals surface area contributed by atoms with Gasteiger partial charge in [-0.3, -0.25) is 4.79 Å². The van der Waals surface area contributed by atoms with Crippen molar-refractivity contribution in [2.45, 2.75) is 19.9 Å². The molecule has 0 atom stereocenters. The first-order valence-corrected chi connectivity index (χ1v) is 5.17. The molecule has 0 radical (unpaired) electrons. The summed E-state index contributed by atoms with van der Waals surface area (Å²) in [5.74, 6) is -1.09. The average molecular weight is 225 g/mol. The lowest BCUT2D eigenvalue weighted by atomic mass is 10.3. The monoisotopic (exact) mass is 225 g/mol. The highest BCUT2D eigenvalue weighted by atomic mass is 16.5. The van der Waals surface area contributed by atoms with Gasteiger partial charge >= 0.3 is 5.97 Å². The molecule has 16 heavy (non-hydrogen) atoms. The zero-order chi connectivity index (χ0) is 12.0. The predicted octanol–water partition coefficient (Wildman–Crippen LogP) is 0.973. The lowest BCUT2D eigenvalue weighted by Gasteiger charge is -2.08. The molecule has 0 aliphatic heterocycles. The Kier molecular flexibility index (Phi) is 4.72. The molecular weight excluding hydrogens is 210 g/mol. The Morgan fingerprint density at radius 3 is 2.88 bits per heavy atom. The molecule has 0 bridgehead atoms. The number of rotatable bonds is 6. The summed E-state index contributed by atoms with van der Waals surface area (Å²) in [6.07, 6.45) is 0.623. The zero-order valence-corrected chi connectivity index (χ0v) is 9.18. The van der Waals surface area contributed by atoms with Crippen LogP contribution in [0.15, 0.2) is 23.0 Å². The fourth-order valence-electron chi connectivity index (χ4n) is 1.41. The quantitative estimate of drug-likeness (QED) is 0.732. The lowest BCUT2D eigenvalue weighted by molar-refractivity contribution is 0.0681. The number of pyridine rings is 1. The average Bonchev–Trinajstić information content (AvgIpc) is 2.25. The van der Waals surface area contributed by atoms with Crippen molar-refractivity contribution in [2.24, 2.45) is 0 Å². The van der Waals surface area contributed by atoms with E-state index in [-0.39, 0.29) is 11.3 Å². The summed E-state index contributed by atoms with van der Waals surface area (Å²) in [5.41, 5.74) is -0.277. The third-order valence-electron chi connectivity index (χ3n) is 2.14. The van der Waals surface area contributed by atoms with Crippen LogP contribution in [0.2, 0.25) is 0 Å². The van der Waals surface area contributed by atoms with Crippen molar-refractivity contribution >= 4 is 5.97 Å². The molecule has 1 heterocycles. The Labute approximate surface area is 93.3 Å². The van der Waals surface area contributed by atoms with Gasteiger partial charge in [0.05, 0.1) is 0 Å². The smallest absolute Gasteiger partial charge is 0.352 e. The molecular formula is C11H15NO4. The van der Waals surface area contributed by atoms with Gasteiger partial charge in [-0.25, -0.2) is 4.79 Å². The maximum Gasteiger partial charge on any atom is 0.352 e. The largest absolute Gasteiger partial charge is 0.477 e. The third kappa shape index (κ3) is 3.20. The minimum atomic E-state index is -1.09. The van der Waals surface area contributed by atoms with Gasteiger partial charge in [0.25, 0.3) is 5.56 Å². The van der Waals surface area contributed by atoms with Crippen LogP contribution >= 0.6 is 0 Å². The highest BCUT2D eigenvalue weighted by Gasteiger charge is 2.09. The van der Waals surface area contributed by atoms with Crippen molar-refractivity contribution in [3.05, 3.63) is 34.2 Å². The van der Waals surface area contributed by atoms with E-state index in [0.717, 1.165) is 0 Å². The number of nitrogens with zero attached hydrogens (tertiary/aromatic N) is 1. The summed E-state index contributed by atoms with van der Waals surface area (Å²) in [6.45, 7) is 3.39. The topological polar surface area (TPSA) is 68.5 Å². The van der Waals surface area contributed by atoms with E-state index >= 15 is 0 Å². The van der Waals surface area contributed by atoms with Gasteiger partial charge in [-0.1, -0.05) is 6.07 Å². The summed E-state index contributed by atoms with van der Waals surface area (Å²) < 4.78 is 6.38. The van der Waals surface area contributed by atoms with Crippen LogP contribution < -0.4 is 5.56 Å². The maximum absolute atomic E-state index is 11.5. The fraction of sp³-hybridized carbons (Fsp3) is 0.455. The molecule has 0 amide bonds. The molecule has 1 N–H and O–H groups in total. The van der Waals surface area contributed by atoms with Gasteiger partial charge < -0.3 is 14.4 Å². The molecule has 0 saturated carbocycles. The molecule has 1 aromatic heterocycles. The normalized spacial score (nSPS) is 10.3. The summed E-state index contributed by atoms with van der Waals surface area (Å²) in [4.78, 5) is 22.3. The number of carbonyl (C=O) groups is 1. The second-order valence-corrected chi connectivity index (χ2v) is 3.26. The van der Waals surface area contributed by atoms with Crippen molar-refractivity contribution in [2.75, 3.05) is 13.2 Å². The maximum atomic E-state index is 11.5. The molecule has 0 unspecified atom stereocenters. The van der Waals surface area contributed by atoms with E-state index in [0.29, 0.717) is 26.2 Å². The molecule has 0 aliphatic rings. The second-order valence-electron chi connectivity index (χ2n) is 3.26. The number of aromatic carboxylic acids is 1. The molecule has 5 nitrogen and oxygen atoms in total. The summed E-state index contributed by atoms with van der Waals surface area (Å²) >= 11 is 0. The first-order chi connectivity index (χ1) is 7.66. The van der Waals surface area contributed by atoms with Crippen LogP contribution in [0.5, 0.6) is 0 Å². The van der Waals surface area contributed by atoms with Crippen LogP contribution in [-0.2, 0) is 11.3 Å². The third-order valence-corrected chi connectivity index (χ3v) is 2.14. The van der Waals surface area contributed by atoms with Crippen LogP contribution in [0, 0.1) is 0 Å². The predicted molar refractivity (Wildman–Crippen MR) is 58.8 cm³/mol. The van der Waals surface area contributed by atoms with E-state index in [9.17, 15) is 9.59 Å². The molecule has 0 spiro atoms. The van der Waals surface area contributed by atoms with Crippen LogP contribution in [0.25, 0.3) is 0 Å². The van der Waals surface area contributed by atoms with E-state index in [1.807, 2.05) is 6.92 Å². The molecule has 88 valence electrons. The molecule has 0 aliphatic carbocycles. The summed E-state index contributed by atoms with van der Waals surface area (Å²) in [6, 6.07) is 4.22. The minimum absolute atomic E-state index is 0.0176. The van der Waals surface area contributed by atoms with Crippen LogP contribution in [0.4, 0.5) is 0 Å². The molecule has 0 saturated heterocycles. The Hall–Kier alpha value is -1.62. The number of carboxylic acids is 1. The molecule has 1 aromatic rings. The fourth-order valence-corrected chi connectivity index (χ4v) is 1.41. The molecule has 0 fully saturated rings. The van der Waals surface area contributed by atoms with Crippen molar-refractivity contribution in [3.8, 4) is 0 Å². The number of ether oxygens (including phenoxy) is 1. The van der Waals surface area contributed by atoms with Crippen LogP contribution in [0.3, 0.4) is 0 Å². The number of carboxylic acid groups (broad SMARTS) is 1. The van der Waals surface area contributed by atoms with Crippen molar-refractivity contribution < 1.29 is 14.6 Å². The molecule has 0 aromatic carbocycles. The Morgan fingerprint density at radius 1 is 1.50 bits per heavy atom. The highest BCUT2D eigenvalue weighted by Crippen LogP contribution is 1.98. The van der Waals surface area contributed by atoms with Gasteiger partial charge in [-0.05, 0) is 19.4 Å². The number of aromatic nitrogens is 1. The first-order valence-electron chi connectivity index (χ1n) is 5.17. The van der Waals surface area contributed by atoms with E-state index in [4.69, 9.17) is 9.84 Å². The van der Waals surface area contributed by atoms with Gasteiger partial charge in [0, 0.05) is 25.8 Å². The standard InChI is InChI=1S/C11H15NO4/c1-2-16-8-4-7-12-9(11(14)15)5-3-6-10(12)13/h3,5-6H,2,4,7-8H2,1H3,(H,14,15). The van der Waals surface area contributed by atoms with E-state index in [2.05, 4.69) is 0 Å². The number of hydrogen-bond acceptors (Lipinski definition) is 3. The van der Waals surface area contributed by atoms with Crippen LogP contribution in [0.1, 0.15) is 23.8 Å². The second kappa shape index (κ2) is 6.07. The van der Waals surface area contributed by atoms with Gasteiger partial charge in [0.2, 0.25) is 0 Å². The number of hydrogen-bond donors (Lipinski definition) is 1. The molecule has 1 rings (SSSR count). The minimum Gasteiger partial charge on any atom is -0.477 e. The highest BCUT2D eigenvalue weighted by molar-refractivity contribution is 5.85. The van der Waals surface area contributed by atoms with Crippen molar-refractivity contribution in [1.82, 2.24) is 4.57 Å².